The van der Waals surface area contributed by atoms with E-state index in [1.54, 1.807) is 13.8 Å². The van der Waals surface area contributed by atoms with Crippen LogP contribution in [0.2, 0.25) is 0 Å². The molecule has 0 saturated heterocycles. The van der Waals surface area contributed by atoms with E-state index < -0.39 is 28.4 Å². The number of sulfonamides is 1. The van der Waals surface area contributed by atoms with E-state index in [2.05, 4.69) is 4.72 Å². The Morgan fingerprint density at radius 1 is 1.31 bits per heavy atom. The Kier molecular flexibility index (Phi) is 4.18. The molecule has 0 saturated carbocycles. The zero-order valence-electron chi connectivity index (χ0n) is 7.35. The van der Waals surface area contributed by atoms with Crippen LogP contribution in [-0.2, 0) is 10.0 Å². The zero-order chi connectivity index (χ0) is 10.7. The summed E-state index contributed by atoms with van der Waals surface area (Å²) in [6.07, 6.45) is -5.74. The molecule has 0 spiro atoms. The highest BCUT2D eigenvalue weighted by molar-refractivity contribution is 7.89. The van der Waals surface area contributed by atoms with E-state index in [0.29, 0.717) is 0 Å². The Labute approximate surface area is 75.4 Å². The third kappa shape index (κ3) is 8.04. The Morgan fingerprint density at radius 3 is 2.08 bits per heavy atom. The molecule has 0 aliphatic rings. The van der Waals surface area contributed by atoms with Crippen molar-refractivity contribution in [3.63, 3.8) is 0 Å². The first kappa shape index (κ1) is 12.7. The Balaban J connectivity index is 4.06. The summed E-state index contributed by atoms with van der Waals surface area (Å²) >= 11 is 0. The number of rotatable bonds is 4. The van der Waals surface area contributed by atoms with Gasteiger partial charge in [0, 0.05) is 6.04 Å². The van der Waals surface area contributed by atoms with Crippen molar-refractivity contribution < 1.29 is 21.6 Å². The highest BCUT2D eigenvalue weighted by Gasteiger charge is 2.29. The molecule has 0 amide bonds. The number of halogens is 3. The smallest absolute Gasteiger partial charge is 0.213 e. The molecular formula is C6H12F3NO2S. The van der Waals surface area contributed by atoms with Crippen LogP contribution >= 0.6 is 0 Å². The molecular weight excluding hydrogens is 207 g/mol. The van der Waals surface area contributed by atoms with Crippen LogP contribution in [0.4, 0.5) is 13.2 Å². The van der Waals surface area contributed by atoms with Crippen molar-refractivity contribution in [1.29, 1.82) is 0 Å². The number of alkyl halides is 3. The first-order valence-electron chi connectivity index (χ1n) is 3.69. The van der Waals surface area contributed by atoms with Gasteiger partial charge < -0.3 is 0 Å². The van der Waals surface area contributed by atoms with Gasteiger partial charge in [0.15, 0.2) is 0 Å². The van der Waals surface area contributed by atoms with Crippen molar-refractivity contribution in [3.8, 4) is 0 Å². The van der Waals surface area contributed by atoms with Crippen LogP contribution in [0.1, 0.15) is 20.3 Å². The van der Waals surface area contributed by atoms with Gasteiger partial charge >= 0.3 is 6.18 Å². The van der Waals surface area contributed by atoms with Crippen LogP contribution in [0, 0.1) is 0 Å². The Hall–Kier alpha value is -0.300. The predicted octanol–water partition coefficient (Wildman–Crippen LogP) is 1.27. The number of hydrogen-bond acceptors (Lipinski definition) is 2. The molecule has 0 aromatic rings. The minimum Gasteiger partial charge on any atom is -0.213 e. The zero-order valence-corrected chi connectivity index (χ0v) is 8.17. The summed E-state index contributed by atoms with van der Waals surface area (Å²) < 4.78 is 58.7. The van der Waals surface area contributed by atoms with Gasteiger partial charge in [-0.15, -0.1) is 0 Å². The van der Waals surface area contributed by atoms with E-state index in [1.807, 2.05) is 0 Å². The summed E-state index contributed by atoms with van der Waals surface area (Å²) in [7, 11) is -3.78. The van der Waals surface area contributed by atoms with Crippen LogP contribution in [0.25, 0.3) is 0 Å². The SMILES string of the molecule is CC(C)NS(=O)(=O)CCC(F)(F)F. The van der Waals surface area contributed by atoms with Crippen molar-refractivity contribution >= 4 is 10.0 Å². The summed E-state index contributed by atoms with van der Waals surface area (Å²) in [6.45, 7) is 3.09. The van der Waals surface area contributed by atoms with Crippen molar-refractivity contribution in [2.75, 3.05) is 5.75 Å². The monoisotopic (exact) mass is 219 g/mol. The molecule has 7 heteroatoms. The molecule has 1 N–H and O–H groups in total. The van der Waals surface area contributed by atoms with Crippen LogP contribution < -0.4 is 4.72 Å². The van der Waals surface area contributed by atoms with Gasteiger partial charge in [-0.3, -0.25) is 0 Å². The molecule has 0 aliphatic heterocycles. The highest BCUT2D eigenvalue weighted by Crippen LogP contribution is 2.19. The topological polar surface area (TPSA) is 46.2 Å². The Morgan fingerprint density at radius 2 is 1.77 bits per heavy atom. The lowest BCUT2D eigenvalue weighted by Gasteiger charge is -2.10. The molecule has 80 valence electrons. The molecule has 0 radical (unpaired) electrons. The molecule has 0 rings (SSSR count). The van der Waals surface area contributed by atoms with Gasteiger partial charge in [0.25, 0.3) is 0 Å². The average molecular weight is 219 g/mol. The fourth-order valence-corrected chi connectivity index (χ4v) is 2.00. The fourth-order valence-electron chi connectivity index (χ4n) is 0.668. The molecule has 3 nitrogen and oxygen atoms in total. The van der Waals surface area contributed by atoms with Gasteiger partial charge in [0.1, 0.15) is 0 Å². The Bertz CT molecular complexity index is 245. The van der Waals surface area contributed by atoms with E-state index in [1.165, 1.54) is 0 Å². The summed E-state index contributed by atoms with van der Waals surface area (Å²) in [4.78, 5) is 0. The molecule has 0 aromatic carbocycles. The van der Waals surface area contributed by atoms with E-state index in [9.17, 15) is 21.6 Å². The molecule has 0 bridgehead atoms. The van der Waals surface area contributed by atoms with Crippen LogP contribution in [0.5, 0.6) is 0 Å². The molecule has 0 heterocycles. The largest absolute Gasteiger partial charge is 0.390 e. The van der Waals surface area contributed by atoms with Gasteiger partial charge in [-0.05, 0) is 13.8 Å². The molecule has 0 unspecified atom stereocenters. The molecule has 0 atom stereocenters. The van der Waals surface area contributed by atoms with Gasteiger partial charge in [-0.25, -0.2) is 13.1 Å². The van der Waals surface area contributed by atoms with Crippen LogP contribution in [0.3, 0.4) is 0 Å². The van der Waals surface area contributed by atoms with Gasteiger partial charge in [0.05, 0.1) is 12.2 Å². The minimum atomic E-state index is -4.42. The lowest BCUT2D eigenvalue weighted by molar-refractivity contribution is -0.130. The maximum absolute atomic E-state index is 11.6. The van der Waals surface area contributed by atoms with Crippen molar-refractivity contribution in [2.45, 2.75) is 32.5 Å². The van der Waals surface area contributed by atoms with Gasteiger partial charge in [-0.1, -0.05) is 0 Å². The maximum atomic E-state index is 11.6. The lowest BCUT2D eigenvalue weighted by Crippen LogP contribution is -2.33. The number of hydrogen-bond donors (Lipinski definition) is 1. The third-order valence-electron chi connectivity index (χ3n) is 1.07. The summed E-state index contributed by atoms with van der Waals surface area (Å²) in [5.41, 5.74) is 0. The molecule has 0 fully saturated rings. The average Bonchev–Trinajstić information content (AvgIpc) is 1.79. The second kappa shape index (κ2) is 4.28. The van der Waals surface area contributed by atoms with Crippen molar-refractivity contribution in [1.82, 2.24) is 4.72 Å². The minimum absolute atomic E-state index is 0.377. The van der Waals surface area contributed by atoms with E-state index >= 15 is 0 Å². The summed E-state index contributed by atoms with van der Waals surface area (Å²) in [5.74, 6) is -0.908. The predicted molar refractivity (Wildman–Crippen MR) is 42.7 cm³/mol. The molecule has 0 aromatic heterocycles. The first-order valence-corrected chi connectivity index (χ1v) is 5.34. The fraction of sp³-hybridized carbons (Fsp3) is 1.00. The summed E-state index contributed by atoms with van der Waals surface area (Å²) in [5, 5.41) is 0. The van der Waals surface area contributed by atoms with E-state index in [-0.39, 0.29) is 6.04 Å². The van der Waals surface area contributed by atoms with Crippen LogP contribution in [-0.4, -0.2) is 26.4 Å². The highest BCUT2D eigenvalue weighted by atomic mass is 32.2. The second-order valence-electron chi connectivity index (χ2n) is 2.96. The van der Waals surface area contributed by atoms with Gasteiger partial charge in [-0.2, -0.15) is 13.2 Å². The van der Waals surface area contributed by atoms with E-state index in [0.717, 1.165) is 0 Å². The van der Waals surface area contributed by atoms with Crippen LogP contribution in [0.15, 0.2) is 0 Å². The standard InChI is InChI=1S/C6H12F3NO2S/c1-5(2)10-13(11,12)4-3-6(7,8)9/h5,10H,3-4H2,1-2H3. The summed E-state index contributed by atoms with van der Waals surface area (Å²) in [6, 6.07) is -0.377. The van der Waals surface area contributed by atoms with Crippen molar-refractivity contribution in [2.24, 2.45) is 0 Å². The van der Waals surface area contributed by atoms with E-state index in [4.69, 9.17) is 0 Å². The van der Waals surface area contributed by atoms with Gasteiger partial charge in [0.2, 0.25) is 10.0 Å². The molecule has 0 aliphatic carbocycles. The maximum Gasteiger partial charge on any atom is 0.390 e. The lowest BCUT2D eigenvalue weighted by atomic mass is 10.4. The third-order valence-corrected chi connectivity index (χ3v) is 2.64. The first-order chi connectivity index (χ1) is 5.62. The number of nitrogens with one attached hydrogen (secondary N) is 1. The second-order valence-corrected chi connectivity index (χ2v) is 4.83. The normalized spacial score (nSPS) is 13.7. The van der Waals surface area contributed by atoms with Crippen molar-refractivity contribution in [3.05, 3.63) is 0 Å². The molecule has 13 heavy (non-hydrogen) atoms. The quantitative estimate of drug-likeness (QED) is 0.773.